The van der Waals surface area contributed by atoms with Crippen molar-refractivity contribution in [2.45, 2.75) is 49.8 Å². The summed E-state index contributed by atoms with van der Waals surface area (Å²) < 4.78 is 29.1. The van der Waals surface area contributed by atoms with Gasteiger partial charge in [-0.05, 0) is 44.1 Å². The maximum atomic E-state index is 13.1. The summed E-state index contributed by atoms with van der Waals surface area (Å²) >= 11 is 7.42. The molecule has 0 radical (unpaired) electrons. The Bertz CT molecular complexity index is 1160. The maximum Gasteiger partial charge on any atom is 0.276 e. The van der Waals surface area contributed by atoms with Crippen LogP contribution in [0.15, 0.2) is 11.4 Å². The molecule has 1 saturated heterocycles. The summed E-state index contributed by atoms with van der Waals surface area (Å²) in [5, 5.41) is 5.49. The number of thiophene rings is 1. The van der Waals surface area contributed by atoms with E-state index in [-0.39, 0.29) is 22.7 Å². The summed E-state index contributed by atoms with van der Waals surface area (Å²) in [5.41, 5.74) is 1.13. The van der Waals surface area contributed by atoms with Gasteiger partial charge in [0, 0.05) is 24.3 Å². The van der Waals surface area contributed by atoms with Crippen molar-refractivity contribution in [2.24, 2.45) is 0 Å². The molecule has 4 rings (SSSR count). The minimum absolute atomic E-state index is 0.000641. The van der Waals surface area contributed by atoms with Crippen molar-refractivity contribution in [1.82, 2.24) is 15.3 Å². The smallest absolute Gasteiger partial charge is 0.276 e. The lowest BCUT2D eigenvalue weighted by molar-refractivity contribution is 0.0858. The van der Waals surface area contributed by atoms with Crippen LogP contribution in [0.4, 0.5) is 5.00 Å². The van der Waals surface area contributed by atoms with Crippen molar-refractivity contribution in [3.05, 3.63) is 32.9 Å². The first-order chi connectivity index (χ1) is 15.2. The average Bonchev–Trinajstić information content (AvgIpc) is 3.38. The van der Waals surface area contributed by atoms with Gasteiger partial charge in [-0.25, -0.2) is 18.4 Å². The highest BCUT2D eigenvalue weighted by Crippen LogP contribution is 2.38. The first kappa shape index (κ1) is 23.1. The minimum Gasteiger partial charge on any atom is -0.376 e. The summed E-state index contributed by atoms with van der Waals surface area (Å²) in [6, 6.07) is 0. The van der Waals surface area contributed by atoms with Crippen LogP contribution in [0.5, 0.6) is 0 Å². The summed E-state index contributed by atoms with van der Waals surface area (Å²) in [6.45, 7) is 1.11. The highest BCUT2D eigenvalue weighted by atomic mass is 35.5. The standard InChI is InChI=1S/C20H23ClN4O5S2/c1-32(28,29)20-23-10-13(21)16(24-20)18(27)25-19-15(12-6-2-3-7-14(12)31-19)17(26)22-9-11-5-4-8-30-11/h10-11H,2-9H2,1H3,(H,22,26)(H,25,27)/t11-/m1/s1. The number of hydrogen-bond acceptors (Lipinski definition) is 8. The zero-order valence-corrected chi connectivity index (χ0v) is 19.8. The molecule has 12 heteroatoms. The highest BCUT2D eigenvalue weighted by molar-refractivity contribution is 7.90. The van der Waals surface area contributed by atoms with Crippen molar-refractivity contribution in [3.63, 3.8) is 0 Å². The summed E-state index contributed by atoms with van der Waals surface area (Å²) in [6.07, 6.45) is 7.50. The number of rotatable bonds is 6. The van der Waals surface area contributed by atoms with Crippen molar-refractivity contribution >= 4 is 49.6 Å². The molecule has 1 aliphatic carbocycles. The fourth-order valence-corrected chi connectivity index (χ4v) is 5.81. The molecule has 2 aliphatic rings. The van der Waals surface area contributed by atoms with Gasteiger partial charge in [0.25, 0.3) is 11.8 Å². The van der Waals surface area contributed by atoms with Crippen molar-refractivity contribution in [2.75, 3.05) is 24.7 Å². The van der Waals surface area contributed by atoms with E-state index >= 15 is 0 Å². The number of aromatic nitrogens is 2. The van der Waals surface area contributed by atoms with Crippen LogP contribution in [0.3, 0.4) is 0 Å². The molecule has 9 nitrogen and oxygen atoms in total. The Hall–Kier alpha value is -2.08. The molecule has 2 N–H and O–H groups in total. The van der Waals surface area contributed by atoms with Crippen molar-refractivity contribution in [1.29, 1.82) is 0 Å². The molecule has 3 heterocycles. The Morgan fingerprint density at radius 1 is 1.25 bits per heavy atom. The van der Waals surface area contributed by atoms with Gasteiger partial charge in [0.1, 0.15) is 5.00 Å². The third-order valence-electron chi connectivity index (χ3n) is 5.41. The van der Waals surface area contributed by atoms with Gasteiger partial charge in [-0.15, -0.1) is 11.3 Å². The van der Waals surface area contributed by atoms with E-state index in [1.54, 1.807) is 0 Å². The molecule has 0 aromatic carbocycles. The number of sulfone groups is 1. The largest absolute Gasteiger partial charge is 0.376 e. The Kier molecular flexibility index (Phi) is 6.80. The number of hydrogen-bond donors (Lipinski definition) is 2. The van der Waals surface area contributed by atoms with Crippen LogP contribution in [0.2, 0.25) is 5.02 Å². The number of amides is 2. The van der Waals surface area contributed by atoms with Crippen LogP contribution < -0.4 is 10.6 Å². The number of aryl methyl sites for hydroxylation is 1. The van der Waals surface area contributed by atoms with Gasteiger partial charge in [-0.2, -0.15) is 0 Å². The molecule has 0 bridgehead atoms. The van der Waals surface area contributed by atoms with Crippen LogP contribution in [0, 0.1) is 0 Å². The normalized spacial score (nSPS) is 18.2. The van der Waals surface area contributed by atoms with Gasteiger partial charge in [0.2, 0.25) is 15.0 Å². The molecule has 0 spiro atoms. The minimum atomic E-state index is -3.72. The molecule has 172 valence electrons. The second-order valence-electron chi connectivity index (χ2n) is 7.84. The zero-order valence-electron chi connectivity index (χ0n) is 17.4. The number of halogens is 1. The molecule has 0 unspecified atom stereocenters. The Morgan fingerprint density at radius 2 is 2.03 bits per heavy atom. The van der Waals surface area contributed by atoms with Gasteiger partial charge in [0.15, 0.2) is 5.69 Å². The Labute approximate surface area is 194 Å². The number of fused-ring (bicyclic) bond motifs is 1. The fourth-order valence-electron chi connectivity index (χ4n) is 3.85. The van der Waals surface area contributed by atoms with Crippen LogP contribution in [0.1, 0.15) is 57.0 Å². The maximum absolute atomic E-state index is 13.1. The predicted molar refractivity (Wildman–Crippen MR) is 120 cm³/mol. The lowest BCUT2D eigenvalue weighted by Gasteiger charge is -2.15. The lowest BCUT2D eigenvalue weighted by atomic mass is 9.95. The SMILES string of the molecule is CS(=O)(=O)c1ncc(Cl)c(C(=O)Nc2sc3c(c2C(=O)NC[C@H]2CCCO2)CCCC3)n1. The van der Waals surface area contributed by atoms with E-state index in [0.29, 0.717) is 23.7 Å². The van der Waals surface area contributed by atoms with Gasteiger partial charge >= 0.3 is 0 Å². The molecule has 1 aliphatic heterocycles. The van der Waals surface area contributed by atoms with Crippen LogP contribution >= 0.6 is 22.9 Å². The average molecular weight is 499 g/mol. The Morgan fingerprint density at radius 3 is 2.75 bits per heavy atom. The van der Waals surface area contributed by atoms with Gasteiger partial charge in [0.05, 0.1) is 22.9 Å². The molecule has 2 aromatic heterocycles. The van der Waals surface area contributed by atoms with Gasteiger partial charge < -0.3 is 15.4 Å². The summed E-state index contributed by atoms with van der Waals surface area (Å²) in [7, 11) is -3.72. The van der Waals surface area contributed by atoms with E-state index in [1.807, 2.05) is 0 Å². The predicted octanol–water partition coefficient (Wildman–Crippen LogP) is 2.63. The topological polar surface area (TPSA) is 127 Å². The molecule has 1 atom stereocenters. The number of ether oxygens (including phenoxy) is 1. The number of carbonyl (C=O) groups excluding carboxylic acids is 2. The van der Waals surface area contributed by atoms with Crippen LogP contribution in [-0.4, -0.2) is 55.7 Å². The zero-order chi connectivity index (χ0) is 22.9. The van der Waals surface area contributed by atoms with Crippen molar-refractivity contribution < 1.29 is 22.7 Å². The van der Waals surface area contributed by atoms with Gasteiger partial charge in [-0.1, -0.05) is 11.6 Å². The van der Waals surface area contributed by atoms with Crippen LogP contribution in [0.25, 0.3) is 0 Å². The molecule has 2 aromatic rings. The number of anilines is 1. The fraction of sp³-hybridized carbons (Fsp3) is 0.500. The Balaban J connectivity index is 1.61. The molecule has 2 amide bonds. The van der Waals surface area contributed by atoms with E-state index < -0.39 is 20.9 Å². The van der Waals surface area contributed by atoms with E-state index in [1.165, 1.54) is 11.3 Å². The van der Waals surface area contributed by atoms with Gasteiger partial charge in [-0.3, -0.25) is 9.59 Å². The third-order valence-corrected chi connectivity index (χ3v) is 7.75. The second-order valence-corrected chi connectivity index (χ2v) is 11.3. The van der Waals surface area contributed by atoms with Crippen LogP contribution in [-0.2, 0) is 27.4 Å². The third kappa shape index (κ3) is 4.95. The summed E-state index contributed by atoms with van der Waals surface area (Å²) in [4.78, 5) is 34.6. The van der Waals surface area contributed by atoms with E-state index in [2.05, 4.69) is 20.6 Å². The van der Waals surface area contributed by atoms with Crippen molar-refractivity contribution in [3.8, 4) is 0 Å². The second kappa shape index (κ2) is 9.42. The molecular formula is C20H23ClN4O5S2. The first-order valence-corrected chi connectivity index (χ1v) is 13.4. The molecule has 0 saturated carbocycles. The lowest BCUT2D eigenvalue weighted by Crippen LogP contribution is -2.32. The highest BCUT2D eigenvalue weighted by Gasteiger charge is 2.28. The monoisotopic (exact) mass is 498 g/mol. The summed E-state index contributed by atoms with van der Waals surface area (Å²) in [5.74, 6) is -0.963. The van der Waals surface area contributed by atoms with E-state index in [9.17, 15) is 18.0 Å². The molecule has 1 fully saturated rings. The first-order valence-electron chi connectivity index (χ1n) is 10.3. The quantitative estimate of drug-likeness (QED) is 0.586. The molecule has 32 heavy (non-hydrogen) atoms. The molecular weight excluding hydrogens is 476 g/mol. The van der Waals surface area contributed by atoms with E-state index in [4.69, 9.17) is 16.3 Å². The van der Waals surface area contributed by atoms with E-state index in [0.717, 1.165) is 61.4 Å². The number of nitrogens with zero attached hydrogens (tertiary/aromatic N) is 2. The number of carbonyl (C=O) groups is 2. The number of nitrogens with one attached hydrogen (secondary N) is 2.